The zero-order valence-corrected chi connectivity index (χ0v) is 10.8. The first-order chi connectivity index (χ1) is 9.38. The lowest BCUT2D eigenvalue weighted by atomic mass is 10.1. The van der Waals surface area contributed by atoms with Crippen LogP contribution < -0.4 is 5.32 Å². The van der Waals surface area contributed by atoms with E-state index in [0.29, 0.717) is 0 Å². The molecule has 1 aromatic heterocycles. The Balaban J connectivity index is 1.50. The third-order valence-corrected chi connectivity index (χ3v) is 4.00. The number of fused-ring (bicyclic) bond motifs is 2. The molecule has 0 saturated carbocycles. The van der Waals surface area contributed by atoms with Gasteiger partial charge in [-0.2, -0.15) is 0 Å². The smallest absolute Gasteiger partial charge is 0.147 e. The summed E-state index contributed by atoms with van der Waals surface area (Å²) in [6.45, 7) is 5.04. The number of nitrogens with one attached hydrogen (secondary N) is 1. The SMILES string of the molecule is c1cc2c(cc1CN1CCn3cnnc3C1)CCN2. The van der Waals surface area contributed by atoms with Gasteiger partial charge in [0.2, 0.25) is 0 Å². The zero-order valence-electron chi connectivity index (χ0n) is 10.8. The molecule has 19 heavy (non-hydrogen) atoms. The second-order valence-corrected chi connectivity index (χ2v) is 5.32. The third-order valence-electron chi connectivity index (χ3n) is 4.00. The van der Waals surface area contributed by atoms with Crippen molar-refractivity contribution in [2.24, 2.45) is 0 Å². The number of nitrogens with zero attached hydrogens (tertiary/aromatic N) is 4. The molecule has 5 nitrogen and oxygen atoms in total. The van der Waals surface area contributed by atoms with Crippen LogP contribution in [0.4, 0.5) is 5.69 Å². The molecule has 2 aromatic rings. The fraction of sp³-hybridized carbons (Fsp3) is 0.429. The van der Waals surface area contributed by atoms with Crippen molar-refractivity contribution < 1.29 is 0 Å². The standard InChI is InChI=1S/C14H17N5/c1-2-13-12(3-4-15-13)7-11(1)8-18-5-6-19-10-16-17-14(19)9-18/h1-2,7,10,15H,3-6,8-9H2. The van der Waals surface area contributed by atoms with Crippen molar-refractivity contribution in [1.29, 1.82) is 0 Å². The Hall–Kier alpha value is -1.88. The lowest BCUT2D eigenvalue weighted by Gasteiger charge is -2.27. The van der Waals surface area contributed by atoms with Gasteiger partial charge in [-0.3, -0.25) is 4.90 Å². The summed E-state index contributed by atoms with van der Waals surface area (Å²) in [5.41, 5.74) is 4.16. The van der Waals surface area contributed by atoms with Crippen LogP contribution >= 0.6 is 0 Å². The van der Waals surface area contributed by atoms with E-state index in [-0.39, 0.29) is 0 Å². The van der Waals surface area contributed by atoms with Crippen LogP contribution in [-0.4, -0.2) is 32.8 Å². The summed E-state index contributed by atoms with van der Waals surface area (Å²) >= 11 is 0. The van der Waals surface area contributed by atoms with Crippen LogP contribution in [0.25, 0.3) is 0 Å². The summed E-state index contributed by atoms with van der Waals surface area (Å²) in [6, 6.07) is 6.79. The van der Waals surface area contributed by atoms with E-state index in [1.807, 2.05) is 6.33 Å². The average molecular weight is 255 g/mol. The molecule has 5 heteroatoms. The quantitative estimate of drug-likeness (QED) is 0.877. The second kappa shape index (κ2) is 4.35. The summed E-state index contributed by atoms with van der Waals surface area (Å²) in [5, 5.41) is 11.5. The fourth-order valence-electron chi connectivity index (χ4n) is 2.97. The van der Waals surface area contributed by atoms with Gasteiger partial charge in [-0.15, -0.1) is 10.2 Å². The first-order valence-corrected chi connectivity index (χ1v) is 6.83. The molecule has 3 heterocycles. The maximum Gasteiger partial charge on any atom is 0.147 e. The van der Waals surface area contributed by atoms with Gasteiger partial charge in [0, 0.05) is 31.9 Å². The predicted octanol–water partition coefficient (Wildman–Crippen LogP) is 1.26. The highest BCUT2D eigenvalue weighted by Gasteiger charge is 2.18. The summed E-state index contributed by atoms with van der Waals surface area (Å²) < 4.78 is 2.14. The number of hydrogen-bond donors (Lipinski definition) is 1. The Morgan fingerprint density at radius 1 is 1.26 bits per heavy atom. The van der Waals surface area contributed by atoms with Crippen molar-refractivity contribution in [3.63, 3.8) is 0 Å². The van der Waals surface area contributed by atoms with E-state index in [4.69, 9.17) is 0 Å². The molecule has 0 aliphatic carbocycles. The Labute approximate surface area is 112 Å². The predicted molar refractivity (Wildman–Crippen MR) is 72.8 cm³/mol. The molecule has 0 unspecified atom stereocenters. The molecule has 0 spiro atoms. The second-order valence-electron chi connectivity index (χ2n) is 5.32. The molecule has 0 saturated heterocycles. The van der Waals surface area contributed by atoms with E-state index >= 15 is 0 Å². The van der Waals surface area contributed by atoms with E-state index in [1.54, 1.807) is 0 Å². The third kappa shape index (κ3) is 2.00. The molecule has 0 amide bonds. The van der Waals surface area contributed by atoms with Crippen molar-refractivity contribution in [3.05, 3.63) is 41.5 Å². The Morgan fingerprint density at radius 3 is 3.26 bits per heavy atom. The molecule has 1 N–H and O–H groups in total. The number of aromatic nitrogens is 3. The number of anilines is 1. The van der Waals surface area contributed by atoms with Crippen LogP contribution in [0, 0.1) is 0 Å². The molecular formula is C14H17N5. The van der Waals surface area contributed by atoms with Crippen molar-refractivity contribution in [1.82, 2.24) is 19.7 Å². The number of benzene rings is 1. The topological polar surface area (TPSA) is 46.0 Å². The van der Waals surface area contributed by atoms with Gasteiger partial charge in [0.1, 0.15) is 12.2 Å². The van der Waals surface area contributed by atoms with E-state index < -0.39 is 0 Å². The van der Waals surface area contributed by atoms with Crippen LogP contribution in [0.15, 0.2) is 24.5 Å². The van der Waals surface area contributed by atoms with Crippen molar-refractivity contribution >= 4 is 5.69 Å². The minimum absolute atomic E-state index is 0.898. The average Bonchev–Trinajstić information content (AvgIpc) is 3.05. The first kappa shape index (κ1) is 11.0. The zero-order chi connectivity index (χ0) is 12.7. The number of hydrogen-bond acceptors (Lipinski definition) is 4. The monoisotopic (exact) mass is 255 g/mol. The van der Waals surface area contributed by atoms with Crippen molar-refractivity contribution in [2.45, 2.75) is 26.1 Å². The Morgan fingerprint density at radius 2 is 2.26 bits per heavy atom. The van der Waals surface area contributed by atoms with E-state index in [2.05, 4.69) is 43.2 Å². The van der Waals surface area contributed by atoms with Gasteiger partial charge >= 0.3 is 0 Å². The minimum Gasteiger partial charge on any atom is -0.384 e. The molecule has 2 aliphatic heterocycles. The molecule has 0 fully saturated rings. The fourth-order valence-corrected chi connectivity index (χ4v) is 2.97. The lowest BCUT2D eigenvalue weighted by molar-refractivity contribution is 0.209. The summed E-state index contributed by atoms with van der Waals surface area (Å²) in [5.74, 6) is 1.08. The highest BCUT2D eigenvalue weighted by molar-refractivity contribution is 5.56. The van der Waals surface area contributed by atoms with Crippen LogP contribution in [0.3, 0.4) is 0 Å². The van der Waals surface area contributed by atoms with Crippen LogP contribution in [-0.2, 0) is 26.1 Å². The highest BCUT2D eigenvalue weighted by atomic mass is 15.3. The Kier molecular flexibility index (Phi) is 2.51. The van der Waals surface area contributed by atoms with Gasteiger partial charge in [-0.05, 0) is 23.6 Å². The summed E-state index contributed by atoms with van der Waals surface area (Å²) in [7, 11) is 0. The molecule has 1 aromatic carbocycles. The maximum absolute atomic E-state index is 4.17. The van der Waals surface area contributed by atoms with Crippen molar-refractivity contribution in [3.8, 4) is 0 Å². The summed E-state index contributed by atoms with van der Waals surface area (Å²) in [4.78, 5) is 2.44. The minimum atomic E-state index is 0.898. The molecule has 0 radical (unpaired) electrons. The van der Waals surface area contributed by atoms with Gasteiger partial charge in [0.25, 0.3) is 0 Å². The molecule has 4 rings (SSSR count). The molecule has 2 aliphatic rings. The van der Waals surface area contributed by atoms with Crippen molar-refractivity contribution in [2.75, 3.05) is 18.4 Å². The number of rotatable bonds is 2. The van der Waals surface area contributed by atoms with E-state index in [1.165, 1.54) is 16.8 Å². The molecule has 0 atom stereocenters. The largest absolute Gasteiger partial charge is 0.384 e. The molecule has 98 valence electrons. The lowest BCUT2D eigenvalue weighted by Crippen LogP contribution is -2.33. The summed E-state index contributed by atoms with van der Waals surface area (Å²) in [6.07, 6.45) is 2.98. The van der Waals surface area contributed by atoms with Crippen LogP contribution in [0.1, 0.15) is 17.0 Å². The van der Waals surface area contributed by atoms with Gasteiger partial charge in [-0.25, -0.2) is 0 Å². The Bertz CT molecular complexity index is 604. The maximum atomic E-state index is 4.17. The molecule has 0 bridgehead atoms. The highest BCUT2D eigenvalue weighted by Crippen LogP contribution is 2.24. The van der Waals surface area contributed by atoms with Gasteiger partial charge < -0.3 is 9.88 Å². The van der Waals surface area contributed by atoms with E-state index in [0.717, 1.165) is 45.0 Å². The van der Waals surface area contributed by atoms with Crippen LogP contribution in [0.2, 0.25) is 0 Å². The van der Waals surface area contributed by atoms with Gasteiger partial charge in [0.15, 0.2) is 0 Å². The normalized spacial score (nSPS) is 17.9. The molecular weight excluding hydrogens is 238 g/mol. The van der Waals surface area contributed by atoms with Gasteiger partial charge in [-0.1, -0.05) is 12.1 Å². The van der Waals surface area contributed by atoms with Crippen LogP contribution in [0.5, 0.6) is 0 Å². The first-order valence-electron chi connectivity index (χ1n) is 6.83. The van der Waals surface area contributed by atoms with Gasteiger partial charge in [0.05, 0.1) is 6.54 Å². The van der Waals surface area contributed by atoms with E-state index in [9.17, 15) is 0 Å².